The summed E-state index contributed by atoms with van der Waals surface area (Å²) in [6.07, 6.45) is -0.840. The van der Waals surface area contributed by atoms with Crippen LogP contribution in [0.1, 0.15) is 71.1 Å². The molecule has 1 rings (SSSR count). The topological polar surface area (TPSA) is 368 Å². The van der Waals surface area contributed by atoms with Crippen LogP contribution in [0, 0.1) is 0 Å². The van der Waals surface area contributed by atoms with Gasteiger partial charge >= 0.3 is 5.97 Å². The van der Waals surface area contributed by atoms with E-state index in [2.05, 4.69) is 20.9 Å². The maximum atomic E-state index is 13.9. The number of nitrogens with one attached hydrogen (secondary N) is 3. The van der Waals surface area contributed by atoms with Gasteiger partial charge in [-0.1, -0.05) is 0 Å². The van der Waals surface area contributed by atoms with E-state index < -0.39 is 90.1 Å². The first-order valence-electron chi connectivity index (χ1n) is 16.2. The lowest BCUT2D eigenvalue weighted by atomic mass is 9.99. The Morgan fingerprint density at radius 2 is 1.55 bits per heavy atom. The third kappa shape index (κ3) is 15.1. The molecule has 0 bridgehead atoms. The summed E-state index contributed by atoms with van der Waals surface area (Å²) in [5.41, 5.74) is 32.5. The zero-order valence-electron chi connectivity index (χ0n) is 27.8. The van der Waals surface area contributed by atoms with Gasteiger partial charge in [0, 0.05) is 25.9 Å². The summed E-state index contributed by atoms with van der Waals surface area (Å²) >= 11 is 0. The third-order valence-electron chi connectivity index (χ3n) is 7.87. The Kier molecular flexibility index (Phi) is 18.7. The number of guanidine groups is 1. The molecule has 0 aromatic carbocycles. The summed E-state index contributed by atoms with van der Waals surface area (Å²) in [6.45, 7) is 1.91. The van der Waals surface area contributed by atoms with Crippen molar-refractivity contribution < 1.29 is 43.8 Å². The lowest BCUT2D eigenvalue weighted by Gasteiger charge is -2.31. The van der Waals surface area contributed by atoms with Crippen molar-refractivity contribution in [2.45, 2.75) is 113 Å². The van der Waals surface area contributed by atoms with E-state index in [-0.39, 0.29) is 64.1 Å². The normalized spacial score (nSPS) is 17.8. The molecule has 0 unspecified atom stereocenters. The largest absolute Gasteiger partial charge is 0.480 e. The molecule has 1 fully saturated rings. The lowest BCUT2D eigenvalue weighted by Crippen LogP contribution is -2.60. The highest BCUT2D eigenvalue weighted by Crippen LogP contribution is 2.21. The van der Waals surface area contributed by atoms with Crippen LogP contribution in [0.15, 0.2) is 4.99 Å². The molecule has 1 aliphatic heterocycles. The van der Waals surface area contributed by atoms with Crippen LogP contribution in [0.4, 0.5) is 0 Å². The second-order valence-corrected chi connectivity index (χ2v) is 12.0. The van der Waals surface area contributed by atoms with E-state index in [0.717, 1.165) is 0 Å². The van der Waals surface area contributed by atoms with Gasteiger partial charge in [0.25, 0.3) is 0 Å². The van der Waals surface area contributed by atoms with Crippen LogP contribution in [0.2, 0.25) is 0 Å². The van der Waals surface area contributed by atoms with Crippen molar-refractivity contribution in [3.05, 3.63) is 0 Å². The van der Waals surface area contributed by atoms with Crippen molar-refractivity contribution in [2.24, 2.45) is 39.4 Å². The van der Waals surface area contributed by atoms with Gasteiger partial charge in [-0.2, -0.15) is 0 Å². The molecule has 7 atom stereocenters. The van der Waals surface area contributed by atoms with Crippen LogP contribution in [0.3, 0.4) is 0 Å². The van der Waals surface area contributed by atoms with E-state index in [4.69, 9.17) is 34.4 Å². The minimum absolute atomic E-state index is 0.0214. The summed E-state index contributed by atoms with van der Waals surface area (Å²) in [6, 6.07) is -7.47. The van der Waals surface area contributed by atoms with Crippen molar-refractivity contribution in [1.82, 2.24) is 20.9 Å². The Morgan fingerprint density at radius 3 is 2.12 bits per heavy atom. The molecule has 0 spiro atoms. The van der Waals surface area contributed by atoms with Crippen LogP contribution in [-0.2, 0) is 33.6 Å². The Balaban J connectivity index is 3.17. The summed E-state index contributed by atoms with van der Waals surface area (Å²) in [5, 5.41) is 27.8. The third-order valence-corrected chi connectivity index (χ3v) is 7.87. The minimum atomic E-state index is -1.76. The van der Waals surface area contributed by atoms with Crippen LogP contribution >= 0.6 is 0 Å². The number of aliphatic hydroxyl groups excluding tert-OH is 1. The monoisotopic (exact) mass is 699 g/mol. The van der Waals surface area contributed by atoms with E-state index in [1.54, 1.807) is 0 Å². The molecule has 49 heavy (non-hydrogen) atoms. The van der Waals surface area contributed by atoms with E-state index in [0.29, 0.717) is 19.3 Å². The maximum Gasteiger partial charge on any atom is 0.326 e. The Morgan fingerprint density at radius 1 is 0.898 bits per heavy atom. The van der Waals surface area contributed by atoms with Crippen LogP contribution < -0.4 is 50.4 Å². The number of hydrogen-bond acceptors (Lipinski definition) is 12. The van der Waals surface area contributed by atoms with Gasteiger partial charge in [0.15, 0.2) is 5.96 Å². The number of unbranched alkanes of at least 4 members (excludes halogenated alkanes) is 1. The number of likely N-dealkylation sites (tertiary alicyclic amines) is 1. The van der Waals surface area contributed by atoms with Gasteiger partial charge < -0.3 is 65.5 Å². The maximum absolute atomic E-state index is 13.9. The predicted molar refractivity (Wildman–Crippen MR) is 177 cm³/mol. The van der Waals surface area contributed by atoms with Gasteiger partial charge in [-0.15, -0.1) is 0 Å². The number of aliphatic hydroxyl groups is 1. The second kappa shape index (κ2) is 21.5. The molecule has 17 N–H and O–H groups in total. The number of ketones is 1. The average Bonchev–Trinajstić information content (AvgIpc) is 3.52. The molecule has 0 radical (unpaired) electrons. The molecule has 1 saturated heterocycles. The molecular weight excluding hydrogens is 646 g/mol. The lowest BCUT2D eigenvalue weighted by molar-refractivity contribution is -0.145. The molecule has 20 nitrogen and oxygen atoms in total. The molecule has 1 heterocycles. The highest BCUT2D eigenvalue weighted by Gasteiger charge is 2.40. The molecule has 20 heteroatoms. The number of carboxylic acids is 1. The number of hydrogen-bond donors (Lipinski definition) is 11. The van der Waals surface area contributed by atoms with Crippen LogP contribution in [0.25, 0.3) is 0 Å². The van der Waals surface area contributed by atoms with Crippen molar-refractivity contribution >= 4 is 47.2 Å². The molecule has 0 aromatic heterocycles. The Labute approximate surface area is 284 Å². The van der Waals surface area contributed by atoms with Crippen LogP contribution in [0.5, 0.6) is 0 Å². The van der Waals surface area contributed by atoms with Gasteiger partial charge in [0.2, 0.25) is 29.5 Å². The highest BCUT2D eigenvalue weighted by molar-refractivity contribution is 5.96. The first kappa shape index (κ1) is 42.6. The van der Waals surface area contributed by atoms with Crippen molar-refractivity contribution in [2.75, 3.05) is 19.6 Å². The van der Waals surface area contributed by atoms with Gasteiger partial charge in [0.05, 0.1) is 18.2 Å². The number of carboxylic acid groups (broad SMARTS) is 1. The zero-order chi connectivity index (χ0) is 37.3. The quantitative estimate of drug-likeness (QED) is 0.0270. The number of rotatable bonds is 23. The fourth-order valence-electron chi connectivity index (χ4n) is 5.08. The fraction of sp³-hybridized carbons (Fsp3) is 0.724. The number of carbonyl (C=O) groups is 7. The number of aliphatic imine (C=N–C) groups is 1. The summed E-state index contributed by atoms with van der Waals surface area (Å²) < 4.78 is 0. The van der Waals surface area contributed by atoms with Gasteiger partial charge in [-0.25, -0.2) is 4.79 Å². The SMILES string of the molecule is C[C@H](N)C(=O)N[C@H](C(=O)N[C@@H](CCCCN)C(=O)N1CCC[C@H]1C(=O)N[C@@H](CCCN=C(N)N)C(=O)O)[C@H](O)CC(=O)CC[C@@H](N)C(N)=O. The summed E-state index contributed by atoms with van der Waals surface area (Å²) in [4.78, 5) is 93.7. The number of aliphatic carboxylic acids is 1. The molecule has 1 aliphatic rings. The standard InChI is InChI=1S/C29H53N11O9/c1-15(31)24(44)39-22(21(42)14-16(41)9-10-17(32)23(33)43)26(46)37-18(6-2-3-11-30)27(47)40-13-5-8-20(40)25(45)38-19(28(48)49)7-4-12-36-29(34)35/h15,17-22,42H,2-14,30-32H2,1H3,(H2,33,43)(H,37,46)(H,38,45)(H,39,44)(H,48,49)(H4,34,35,36)/t15-,17+,18-,19-,20-,21+,22-/m0/s1. The number of primary amides is 1. The predicted octanol–water partition coefficient (Wildman–Crippen LogP) is -5.04. The molecule has 278 valence electrons. The van der Waals surface area contributed by atoms with Gasteiger partial charge in [0.1, 0.15) is 30.0 Å². The minimum Gasteiger partial charge on any atom is -0.480 e. The number of Topliss-reactive ketones (excluding diaryl/α,β-unsaturated/α-hetero) is 1. The number of carbonyl (C=O) groups excluding carboxylic acids is 6. The fourth-order valence-corrected chi connectivity index (χ4v) is 5.08. The van der Waals surface area contributed by atoms with E-state index in [9.17, 15) is 43.8 Å². The average molecular weight is 700 g/mol. The Hall–Kier alpha value is -4.40. The molecular formula is C29H53N11O9. The first-order chi connectivity index (χ1) is 23.0. The Bertz CT molecular complexity index is 1200. The van der Waals surface area contributed by atoms with Gasteiger partial charge in [-0.3, -0.25) is 33.8 Å². The van der Waals surface area contributed by atoms with Gasteiger partial charge in [-0.05, 0) is 64.8 Å². The molecule has 0 saturated carbocycles. The zero-order valence-corrected chi connectivity index (χ0v) is 27.8. The number of nitrogens with two attached hydrogens (primary N) is 6. The van der Waals surface area contributed by atoms with E-state index in [1.807, 2.05) is 0 Å². The molecule has 0 aliphatic carbocycles. The molecule has 0 aromatic rings. The molecule has 5 amide bonds. The van der Waals surface area contributed by atoms with Crippen molar-refractivity contribution in [1.29, 1.82) is 0 Å². The van der Waals surface area contributed by atoms with Crippen molar-refractivity contribution in [3.63, 3.8) is 0 Å². The summed E-state index contributed by atoms with van der Waals surface area (Å²) in [5.74, 6) is -6.00. The summed E-state index contributed by atoms with van der Waals surface area (Å²) in [7, 11) is 0. The van der Waals surface area contributed by atoms with Crippen molar-refractivity contribution in [3.8, 4) is 0 Å². The highest BCUT2D eigenvalue weighted by atomic mass is 16.4. The van der Waals surface area contributed by atoms with E-state index in [1.165, 1.54) is 11.8 Å². The smallest absolute Gasteiger partial charge is 0.326 e. The first-order valence-corrected chi connectivity index (χ1v) is 16.2. The number of nitrogens with zero attached hydrogens (tertiary/aromatic N) is 2. The number of amides is 5. The van der Waals surface area contributed by atoms with Crippen LogP contribution in [-0.4, -0.2) is 124 Å². The second-order valence-electron chi connectivity index (χ2n) is 12.0. The van der Waals surface area contributed by atoms with E-state index >= 15 is 0 Å².